The Balaban J connectivity index is 1.77. The van der Waals surface area contributed by atoms with E-state index in [-0.39, 0.29) is 0 Å². The van der Waals surface area contributed by atoms with Gasteiger partial charge in [-0.05, 0) is 36.8 Å². The number of carbonyl (C=O) groups is 2. The quantitative estimate of drug-likeness (QED) is 0.832. The Morgan fingerprint density at radius 3 is 2.91 bits per heavy atom. The molecule has 2 N–H and O–H groups in total. The van der Waals surface area contributed by atoms with Crippen LogP contribution in [0.4, 0.5) is 0 Å². The molecule has 1 aromatic heterocycles. The number of nitrogens with one attached hydrogen (secondary N) is 1. The maximum Gasteiger partial charge on any atom is 0.354 e. The number of fused-ring (bicyclic) bond motifs is 1. The second kappa shape index (κ2) is 6.12. The normalized spacial score (nSPS) is 28.3. The summed E-state index contributed by atoms with van der Waals surface area (Å²) in [6, 6.07) is 1.69. The lowest BCUT2D eigenvalue weighted by Gasteiger charge is -2.32. The summed E-state index contributed by atoms with van der Waals surface area (Å²) < 4.78 is 4.69. The number of aliphatic carboxylic acids is 1. The first kappa shape index (κ1) is 15.1. The maximum atomic E-state index is 11.6. The summed E-state index contributed by atoms with van der Waals surface area (Å²) in [5.74, 6) is -0.648. The van der Waals surface area contributed by atoms with Gasteiger partial charge in [0.1, 0.15) is 11.7 Å². The van der Waals surface area contributed by atoms with Crippen LogP contribution in [0.3, 0.4) is 0 Å². The average Bonchev–Trinajstić information content (AvgIpc) is 3.12. The Hall–Kier alpha value is -1.82. The minimum atomic E-state index is -0.738. The number of methoxy groups -OCH3 is 1. The van der Waals surface area contributed by atoms with Gasteiger partial charge in [0, 0.05) is 18.8 Å². The van der Waals surface area contributed by atoms with Crippen molar-refractivity contribution in [2.45, 2.75) is 50.7 Å². The Morgan fingerprint density at radius 1 is 1.41 bits per heavy atom. The molecule has 2 fully saturated rings. The molecule has 6 heteroatoms. The maximum absolute atomic E-state index is 11.6. The van der Waals surface area contributed by atoms with Crippen LogP contribution in [-0.2, 0) is 16.1 Å². The number of aromatic amines is 1. The average molecular weight is 306 g/mol. The molecule has 120 valence electrons. The van der Waals surface area contributed by atoms with Crippen molar-refractivity contribution < 1.29 is 19.4 Å². The molecular formula is C16H22N2O4. The molecule has 1 saturated carbocycles. The third-order valence-corrected chi connectivity index (χ3v) is 5.02. The first-order chi connectivity index (χ1) is 10.6. The number of likely N-dealkylation sites (tertiary alicyclic amines) is 1. The highest BCUT2D eigenvalue weighted by atomic mass is 16.5. The molecule has 1 saturated heterocycles. The van der Waals surface area contributed by atoms with Crippen molar-refractivity contribution in [3.05, 3.63) is 23.5 Å². The number of carboxylic acids is 1. The fourth-order valence-corrected chi connectivity index (χ4v) is 3.99. The monoisotopic (exact) mass is 306 g/mol. The number of nitrogens with zero attached hydrogens (tertiary/aromatic N) is 1. The van der Waals surface area contributed by atoms with E-state index in [1.54, 1.807) is 12.3 Å². The lowest BCUT2D eigenvalue weighted by molar-refractivity contribution is -0.142. The summed E-state index contributed by atoms with van der Waals surface area (Å²) in [7, 11) is 1.34. The van der Waals surface area contributed by atoms with Crippen LogP contribution in [-0.4, -0.2) is 46.1 Å². The second-order valence-corrected chi connectivity index (χ2v) is 6.29. The van der Waals surface area contributed by atoms with E-state index in [9.17, 15) is 14.7 Å². The third-order valence-electron chi connectivity index (χ3n) is 5.02. The summed E-state index contributed by atoms with van der Waals surface area (Å²) >= 11 is 0. The van der Waals surface area contributed by atoms with Gasteiger partial charge in [-0.2, -0.15) is 0 Å². The van der Waals surface area contributed by atoms with Crippen LogP contribution in [0.2, 0.25) is 0 Å². The van der Waals surface area contributed by atoms with Gasteiger partial charge in [-0.1, -0.05) is 12.8 Å². The highest BCUT2D eigenvalue weighted by Gasteiger charge is 2.45. The van der Waals surface area contributed by atoms with Gasteiger partial charge >= 0.3 is 11.9 Å². The minimum absolute atomic E-state index is 0.353. The molecule has 0 aromatic carbocycles. The van der Waals surface area contributed by atoms with Gasteiger partial charge in [-0.15, -0.1) is 0 Å². The van der Waals surface area contributed by atoms with Crippen molar-refractivity contribution in [2.75, 3.05) is 7.11 Å². The van der Waals surface area contributed by atoms with Crippen molar-refractivity contribution in [3.63, 3.8) is 0 Å². The lowest BCUT2D eigenvalue weighted by Crippen LogP contribution is -2.41. The van der Waals surface area contributed by atoms with Gasteiger partial charge in [0.15, 0.2) is 0 Å². The fourth-order valence-electron chi connectivity index (χ4n) is 3.99. The van der Waals surface area contributed by atoms with Crippen molar-refractivity contribution in [2.24, 2.45) is 5.92 Å². The SMILES string of the molecule is COC(=O)c1cc(CN2C(C(=O)O)CC3CCCCC32)c[nH]1. The van der Waals surface area contributed by atoms with Gasteiger partial charge in [0.25, 0.3) is 0 Å². The van der Waals surface area contributed by atoms with Crippen LogP contribution in [0.5, 0.6) is 0 Å². The minimum Gasteiger partial charge on any atom is -0.480 e. The van der Waals surface area contributed by atoms with Gasteiger partial charge in [0.05, 0.1) is 7.11 Å². The summed E-state index contributed by atoms with van der Waals surface area (Å²) in [6.45, 7) is 0.561. The Labute approximate surface area is 129 Å². The van der Waals surface area contributed by atoms with Gasteiger partial charge in [-0.25, -0.2) is 4.79 Å². The number of aromatic nitrogens is 1. The van der Waals surface area contributed by atoms with E-state index in [2.05, 4.69) is 14.6 Å². The first-order valence-corrected chi connectivity index (χ1v) is 7.84. The molecule has 3 rings (SSSR count). The Morgan fingerprint density at radius 2 is 2.18 bits per heavy atom. The number of H-pyrrole nitrogens is 1. The molecule has 0 amide bonds. The number of ether oxygens (including phenoxy) is 1. The summed E-state index contributed by atoms with van der Waals surface area (Å²) in [5.41, 5.74) is 1.33. The van der Waals surface area contributed by atoms with Crippen LogP contribution < -0.4 is 0 Å². The topological polar surface area (TPSA) is 82.6 Å². The standard InChI is InChI=1S/C16H22N2O4/c1-22-16(21)12-6-10(8-17-12)9-18-13-5-3-2-4-11(13)7-14(18)15(19)20/h6,8,11,13-14,17H,2-5,7,9H2,1H3,(H,19,20). The number of carboxylic acid groups (broad SMARTS) is 1. The predicted octanol–water partition coefficient (Wildman–Crippen LogP) is 2.02. The summed E-state index contributed by atoms with van der Waals surface area (Å²) in [4.78, 5) is 28.1. The van der Waals surface area contributed by atoms with E-state index < -0.39 is 18.0 Å². The van der Waals surface area contributed by atoms with E-state index in [0.717, 1.165) is 24.8 Å². The zero-order chi connectivity index (χ0) is 15.7. The van der Waals surface area contributed by atoms with Crippen molar-refractivity contribution >= 4 is 11.9 Å². The Bertz CT molecular complexity index is 568. The van der Waals surface area contributed by atoms with E-state index in [1.807, 2.05) is 0 Å². The molecule has 0 bridgehead atoms. The molecule has 1 aliphatic heterocycles. The molecule has 1 aromatic rings. The second-order valence-electron chi connectivity index (χ2n) is 6.29. The smallest absolute Gasteiger partial charge is 0.354 e. The van der Waals surface area contributed by atoms with E-state index in [4.69, 9.17) is 0 Å². The number of carbonyl (C=O) groups excluding carboxylic acids is 1. The van der Waals surface area contributed by atoms with Crippen LogP contribution in [0.1, 0.15) is 48.2 Å². The molecule has 0 spiro atoms. The van der Waals surface area contributed by atoms with E-state index >= 15 is 0 Å². The van der Waals surface area contributed by atoms with Crippen molar-refractivity contribution in [1.82, 2.24) is 9.88 Å². The van der Waals surface area contributed by atoms with Gasteiger partial charge in [-0.3, -0.25) is 9.69 Å². The highest BCUT2D eigenvalue weighted by molar-refractivity contribution is 5.87. The largest absolute Gasteiger partial charge is 0.480 e. The number of rotatable bonds is 4. The van der Waals surface area contributed by atoms with Crippen LogP contribution in [0, 0.1) is 5.92 Å². The van der Waals surface area contributed by atoms with E-state index in [0.29, 0.717) is 24.2 Å². The van der Waals surface area contributed by atoms with Crippen LogP contribution >= 0.6 is 0 Å². The number of esters is 1. The molecule has 6 nitrogen and oxygen atoms in total. The fraction of sp³-hybridized carbons (Fsp3) is 0.625. The highest BCUT2D eigenvalue weighted by Crippen LogP contribution is 2.40. The summed E-state index contributed by atoms with van der Waals surface area (Å²) in [5, 5.41) is 9.52. The van der Waals surface area contributed by atoms with Crippen molar-refractivity contribution in [1.29, 1.82) is 0 Å². The molecule has 22 heavy (non-hydrogen) atoms. The molecule has 0 radical (unpaired) electrons. The van der Waals surface area contributed by atoms with Gasteiger partial charge in [0.2, 0.25) is 0 Å². The zero-order valence-corrected chi connectivity index (χ0v) is 12.7. The zero-order valence-electron chi connectivity index (χ0n) is 12.7. The Kier molecular flexibility index (Phi) is 4.20. The third kappa shape index (κ3) is 2.75. The predicted molar refractivity (Wildman–Crippen MR) is 79.5 cm³/mol. The summed E-state index contributed by atoms with van der Waals surface area (Å²) in [6.07, 6.45) is 7.09. The molecule has 2 aliphatic rings. The number of hydrogen-bond acceptors (Lipinski definition) is 4. The van der Waals surface area contributed by atoms with Gasteiger partial charge < -0.3 is 14.8 Å². The molecular weight excluding hydrogens is 284 g/mol. The number of hydrogen-bond donors (Lipinski definition) is 2. The lowest BCUT2D eigenvalue weighted by atomic mass is 9.84. The van der Waals surface area contributed by atoms with Crippen LogP contribution in [0.25, 0.3) is 0 Å². The molecule has 3 unspecified atom stereocenters. The van der Waals surface area contributed by atoms with Crippen molar-refractivity contribution in [3.8, 4) is 0 Å². The molecule has 2 heterocycles. The first-order valence-electron chi connectivity index (χ1n) is 7.84. The van der Waals surface area contributed by atoms with Crippen LogP contribution in [0.15, 0.2) is 12.3 Å². The molecule has 3 atom stereocenters. The molecule has 1 aliphatic carbocycles. The van der Waals surface area contributed by atoms with E-state index in [1.165, 1.54) is 20.0 Å².